The van der Waals surface area contributed by atoms with Crippen LogP contribution in [0.5, 0.6) is 0 Å². The molecule has 0 radical (unpaired) electrons. The van der Waals surface area contributed by atoms with Crippen molar-refractivity contribution < 1.29 is 4.79 Å². The van der Waals surface area contributed by atoms with Crippen molar-refractivity contribution in [2.75, 3.05) is 20.6 Å². The summed E-state index contributed by atoms with van der Waals surface area (Å²) in [5, 5.41) is 0. The quantitative estimate of drug-likeness (QED) is 0.816. The highest BCUT2D eigenvalue weighted by molar-refractivity contribution is 7.16. The lowest BCUT2D eigenvalue weighted by Gasteiger charge is -2.27. The number of rotatable bonds is 5. The lowest BCUT2D eigenvalue weighted by Crippen LogP contribution is -2.37. The Kier molecular flexibility index (Phi) is 5.05. The number of carbonyl (C=O) groups is 1. The van der Waals surface area contributed by atoms with Crippen LogP contribution >= 0.6 is 22.9 Å². The minimum atomic E-state index is 0.140. The summed E-state index contributed by atoms with van der Waals surface area (Å²) in [6, 6.07) is 12.8. The molecule has 1 aliphatic carbocycles. The van der Waals surface area contributed by atoms with Crippen LogP contribution in [0.2, 0.25) is 4.34 Å². The van der Waals surface area contributed by atoms with E-state index >= 15 is 0 Å². The summed E-state index contributed by atoms with van der Waals surface area (Å²) in [5.74, 6) is 0.140. The number of halogens is 1. The van der Waals surface area contributed by atoms with Crippen LogP contribution in [0.4, 0.5) is 0 Å². The van der Waals surface area contributed by atoms with Crippen LogP contribution in [0.25, 0.3) is 0 Å². The molecule has 0 fully saturated rings. The predicted molar refractivity (Wildman–Crippen MR) is 95.9 cm³/mol. The van der Waals surface area contributed by atoms with Gasteiger partial charge in [0.15, 0.2) is 0 Å². The van der Waals surface area contributed by atoms with Crippen molar-refractivity contribution in [1.82, 2.24) is 9.80 Å². The van der Waals surface area contributed by atoms with Crippen LogP contribution in [-0.2, 0) is 17.8 Å². The fourth-order valence-electron chi connectivity index (χ4n) is 3.20. The van der Waals surface area contributed by atoms with E-state index in [1.54, 1.807) is 4.90 Å². The molecule has 1 atom stereocenters. The van der Waals surface area contributed by atoms with Crippen molar-refractivity contribution in [3.05, 3.63) is 56.7 Å². The molecule has 1 heterocycles. The molecule has 3 nitrogen and oxygen atoms in total. The van der Waals surface area contributed by atoms with Crippen molar-refractivity contribution in [3.8, 4) is 0 Å². The van der Waals surface area contributed by atoms with E-state index in [0.29, 0.717) is 19.1 Å². The van der Waals surface area contributed by atoms with E-state index in [0.717, 1.165) is 22.1 Å². The topological polar surface area (TPSA) is 23.6 Å². The third kappa shape index (κ3) is 3.77. The van der Waals surface area contributed by atoms with Gasteiger partial charge in [-0.25, -0.2) is 0 Å². The Balaban J connectivity index is 1.59. The molecular weight excluding hydrogens is 328 g/mol. The highest BCUT2D eigenvalue weighted by Crippen LogP contribution is 2.34. The number of hydrogen-bond donors (Lipinski definition) is 0. The molecule has 0 aliphatic heterocycles. The Morgan fingerprint density at radius 1 is 1.26 bits per heavy atom. The van der Waals surface area contributed by atoms with Gasteiger partial charge in [-0.15, -0.1) is 11.3 Å². The summed E-state index contributed by atoms with van der Waals surface area (Å²) in [6.07, 6.45) is 2.19. The molecule has 1 aliphatic rings. The fraction of sp³-hybridized carbons (Fsp3) is 0.389. The first-order valence-corrected chi connectivity index (χ1v) is 9.00. The van der Waals surface area contributed by atoms with Crippen LogP contribution in [0.3, 0.4) is 0 Å². The van der Waals surface area contributed by atoms with Crippen molar-refractivity contribution in [2.24, 2.45) is 0 Å². The van der Waals surface area contributed by atoms with Crippen molar-refractivity contribution in [3.63, 3.8) is 0 Å². The zero-order valence-electron chi connectivity index (χ0n) is 13.5. The van der Waals surface area contributed by atoms with E-state index < -0.39 is 0 Å². The zero-order valence-corrected chi connectivity index (χ0v) is 15.0. The number of fused-ring (bicyclic) bond motifs is 1. The molecule has 1 aromatic heterocycles. The maximum atomic E-state index is 12.5. The number of thiophene rings is 1. The Hall–Kier alpha value is -1.36. The first-order chi connectivity index (χ1) is 11.0. The number of likely N-dealkylation sites (N-methyl/N-ethyl adjacent to an activating group) is 2. The molecular formula is C18H21ClN2OS. The van der Waals surface area contributed by atoms with Gasteiger partial charge < -0.3 is 4.90 Å². The minimum Gasteiger partial charge on any atom is -0.340 e. The average Bonchev–Trinajstić information content (AvgIpc) is 3.13. The number of aryl methyl sites for hydroxylation is 1. The zero-order chi connectivity index (χ0) is 16.4. The summed E-state index contributed by atoms with van der Waals surface area (Å²) in [5.41, 5.74) is 2.79. The first-order valence-electron chi connectivity index (χ1n) is 7.81. The number of amides is 1. The van der Waals surface area contributed by atoms with Crippen LogP contribution in [0, 0.1) is 0 Å². The second kappa shape index (κ2) is 7.04. The second-order valence-corrected chi connectivity index (χ2v) is 7.92. The summed E-state index contributed by atoms with van der Waals surface area (Å²) >= 11 is 7.47. The SMILES string of the molecule is CN(Cc1ccc(Cl)s1)C(=O)CN(C)C1CCc2ccccc21. The maximum Gasteiger partial charge on any atom is 0.236 e. The Morgan fingerprint density at radius 2 is 2.04 bits per heavy atom. The molecule has 0 saturated carbocycles. The van der Waals surface area contributed by atoms with Crippen LogP contribution < -0.4 is 0 Å². The molecule has 0 bridgehead atoms. The monoisotopic (exact) mass is 348 g/mol. The maximum absolute atomic E-state index is 12.5. The normalized spacial score (nSPS) is 16.6. The third-order valence-corrected chi connectivity index (χ3v) is 5.68. The molecule has 0 N–H and O–H groups in total. The largest absolute Gasteiger partial charge is 0.340 e. The molecule has 3 rings (SSSR count). The summed E-state index contributed by atoms with van der Waals surface area (Å²) < 4.78 is 0.764. The number of hydrogen-bond acceptors (Lipinski definition) is 3. The number of nitrogens with zero attached hydrogens (tertiary/aromatic N) is 2. The van der Waals surface area contributed by atoms with Gasteiger partial charge in [0.05, 0.1) is 17.4 Å². The Labute approximate surface area is 146 Å². The van der Waals surface area contributed by atoms with Gasteiger partial charge in [0, 0.05) is 18.0 Å². The number of carbonyl (C=O) groups excluding carboxylic acids is 1. The Morgan fingerprint density at radius 3 is 2.78 bits per heavy atom. The molecule has 2 aromatic rings. The first kappa shape index (κ1) is 16.5. The van der Waals surface area contributed by atoms with Crippen LogP contribution in [-0.4, -0.2) is 36.3 Å². The molecule has 122 valence electrons. The number of benzene rings is 1. The van der Waals surface area contributed by atoms with E-state index in [4.69, 9.17) is 11.6 Å². The highest BCUT2D eigenvalue weighted by atomic mass is 35.5. The van der Waals surface area contributed by atoms with Gasteiger partial charge in [-0.1, -0.05) is 35.9 Å². The molecule has 0 saturated heterocycles. The van der Waals surface area contributed by atoms with Gasteiger partial charge in [-0.2, -0.15) is 0 Å². The van der Waals surface area contributed by atoms with E-state index in [9.17, 15) is 4.79 Å². The van der Waals surface area contributed by atoms with Crippen molar-refractivity contribution >= 4 is 28.8 Å². The smallest absolute Gasteiger partial charge is 0.236 e. The molecule has 5 heteroatoms. The third-order valence-electron chi connectivity index (χ3n) is 4.47. The summed E-state index contributed by atoms with van der Waals surface area (Å²) in [7, 11) is 3.90. The molecule has 1 amide bonds. The molecule has 1 aromatic carbocycles. The van der Waals surface area contributed by atoms with E-state index in [-0.39, 0.29) is 5.91 Å². The van der Waals surface area contributed by atoms with Gasteiger partial charge in [0.25, 0.3) is 0 Å². The summed E-state index contributed by atoms with van der Waals surface area (Å²) in [6.45, 7) is 1.06. The van der Waals surface area contributed by atoms with Crippen molar-refractivity contribution in [1.29, 1.82) is 0 Å². The van der Waals surface area contributed by atoms with Crippen LogP contribution in [0.15, 0.2) is 36.4 Å². The van der Waals surface area contributed by atoms with Crippen LogP contribution in [0.1, 0.15) is 28.5 Å². The van der Waals surface area contributed by atoms with Gasteiger partial charge >= 0.3 is 0 Å². The molecule has 0 spiro atoms. The van der Waals surface area contributed by atoms with Gasteiger partial charge in [-0.05, 0) is 43.1 Å². The van der Waals surface area contributed by atoms with E-state index in [2.05, 4.69) is 29.2 Å². The van der Waals surface area contributed by atoms with E-state index in [1.165, 1.54) is 22.5 Å². The fourth-order valence-corrected chi connectivity index (χ4v) is 4.34. The molecule has 1 unspecified atom stereocenters. The average molecular weight is 349 g/mol. The van der Waals surface area contributed by atoms with Crippen molar-refractivity contribution in [2.45, 2.75) is 25.4 Å². The lowest BCUT2D eigenvalue weighted by molar-refractivity contribution is -0.131. The minimum absolute atomic E-state index is 0.140. The molecule has 23 heavy (non-hydrogen) atoms. The second-order valence-electron chi connectivity index (χ2n) is 6.12. The van der Waals surface area contributed by atoms with Gasteiger partial charge in [0.2, 0.25) is 5.91 Å². The van der Waals surface area contributed by atoms with Gasteiger partial charge in [0.1, 0.15) is 0 Å². The lowest BCUT2D eigenvalue weighted by atomic mass is 10.1. The Bertz CT molecular complexity index is 700. The van der Waals surface area contributed by atoms with Gasteiger partial charge in [-0.3, -0.25) is 9.69 Å². The summed E-state index contributed by atoms with van der Waals surface area (Å²) in [4.78, 5) is 17.6. The van der Waals surface area contributed by atoms with E-state index in [1.807, 2.05) is 26.2 Å². The predicted octanol–water partition coefficient (Wildman–Crippen LogP) is 3.98. The highest BCUT2D eigenvalue weighted by Gasteiger charge is 2.27. The standard InChI is InChI=1S/C18H21ClN2OS/c1-20(16-9-7-13-5-3-4-6-15(13)16)12-18(22)21(2)11-14-8-10-17(19)23-14/h3-6,8,10,16H,7,9,11-12H2,1-2H3.